The van der Waals surface area contributed by atoms with Crippen molar-refractivity contribution in [3.8, 4) is 0 Å². The summed E-state index contributed by atoms with van der Waals surface area (Å²) in [6.07, 6.45) is 0.811. The number of sulfonamides is 1. The van der Waals surface area contributed by atoms with E-state index in [4.69, 9.17) is 9.47 Å². The Morgan fingerprint density at radius 1 is 1.18 bits per heavy atom. The molecule has 2 aromatic rings. The maximum Gasteiger partial charge on any atom is 0.289 e. The predicted molar refractivity (Wildman–Crippen MR) is 102 cm³/mol. The lowest BCUT2D eigenvalue weighted by molar-refractivity contribution is -0.387. The highest BCUT2D eigenvalue weighted by Crippen LogP contribution is 2.28. The fraction of sp³-hybridized carbons (Fsp3) is 0.263. The minimum Gasteiger partial charge on any atom is -0.489 e. The first-order chi connectivity index (χ1) is 13.4. The Balaban J connectivity index is 1.73. The lowest BCUT2D eigenvalue weighted by atomic mass is 10.2. The average molecular weight is 404 g/mol. The second-order valence-corrected chi connectivity index (χ2v) is 8.14. The zero-order valence-electron chi connectivity index (χ0n) is 15.2. The number of nitro groups is 1. The van der Waals surface area contributed by atoms with Crippen LogP contribution in [0.1, 0.15) is 12.5 Å². The van der Waals surface area contributed by atoms with Crippen LogP contribution in [0.4, 0.5) is 5.69 Å². The first-order valence-corrected chi connectivity index (χ1v) is 10.0. The van der Waals surface area contributed by atoms with E-state index in [9.17, 15) is 18.5 Å². The van der Waals surface area contributed by atoms with Crippen molar-refractivity contribution in [1.82, 2.24) is 4.31 Å². The summed E-state index contributed by atoms with van der Waals surface area (Å²) < 4.78 is 38.3. The molecule has 0 aromatic heterocycles. The summed E-state index contributed by atoms with van der Waals surface area (Å²) in [5.74, 6) is 0.390. The van der Waals surface area contributed by atoms with E-state index in [1.165, 1.54) is 30.5 Å². The van der Waals surface area contributed by atoms with Gasteiger partial charge in [0.1, 0.15) is 11.9 Å². The van der Waals surface area contributed by atoms with E-state index in [-0.39, 0.29) is 18.0 Å². The van der Waals surface area contributed by atoms with Crippen LogP contribution in [0.25, 0.3) is 0 Å². The summed E-state index contributed by atoms with van der Waals surface area (Å²) in [4.78, 5) is 10.2. The summed E-state index contributed by atoms with van der Waals surface area (Å²) in [5, 5.41) is 11.2. The molecular weight excluding hydrogens is 384 g/mol. The number of ether oxygens (including phenoxy) is 2. The van der Waals surface area contributed by atoms with Gasteiger partial charge in [0.15, 0.2) is 4.90 Å². The van der Waals surface area contributed by atoms with Gasteiger partial charge in [0.05, 0.1) is 30.9 Å². The van der Waals surface area contributed by atoms with Gasteiger partial charge in [-0.2, -0.15) is 0 Å². The number of hydrogen-bond acceptors (Lipinski definition) is 6. The van der Waals surface area contributed by atoms with Crippen LogP contribution in [-0.4, -0.2) is 36.9 Å². The normalized spacial score (nSPS) is 17.0. The Hall–Kier alpha value is -2.91. The predicted octanol–water partition coefficient (Wildman–Crippen LogP) is 3.06. The molecule has 0 radical (unpaired) electrons. The third-order valence-electron chi connectivity index (χ3n) is 4.13. The summed E-state index contributed by atoms with van der Waals surface area (Å²) in [5.41, 5.74) is 0.534. The fourth-order valence-corrected chi connectivity index (χ4v) is 4.44. The molecule has 3 rings (SSSR count). The van der Waals surface area contributed by atoms with Crippen LogP contribution in [0.2, 0.25) is 0 Å². The molecule has 0 saturated heterocycles. The molecule has 9 heteroatoms. The lowest BCUT2D eigenvalue weighted by Crippen LogP contribution is -2.40. The molecule has 2 aromatic carbocycles. The van der Waals surface area contributed by atoms with Crippen LogP contribution < -0.4 is 0 Å². The highest BCUT2D eigenvalue weighted by atomic mass is 32.2. The van der Waals surface area contributed by atoms with Crippen LogP contribution in [0.3, 0.4) is 0 Å². The molecule has 0 saturated carbocycles. The summed E-state index contributed by atoms with van der Waals surface area (Å²) in [6, 6.07) is 14.9. The van der Waals surface area contributed by atoms with Crippen molar-refractivity contribution in [3.63, 3.8) is 0 Å². The SMILES string of the molecule is CC1=CN(S(=O)(=O)c2ccccc2[N+](=O)[O-])C[C@H](COCc2ccccc2)O1. The second kappa shape index (κ2) is 8.41. The van der Waals surface area contributed by atoms with Crippen LogP contribution >= 0.6 is 0 Å². The average Bonchev–Trinajstić information content (AvgIpc) is 2.68. The third kappa shape index (κ3) is 4.49. The molecule has 8 nitrogen and oxygen atoms in total. The van der Waals surface area contributed by atoms with Gasteiger partial charge in [-0.25, -0.2) is 8.42 Å². The van der Waals surface area contributed by atoms with Crippen molar-refractivity contribution >= 4 is 15.7 Å². The number of allylic oxidation sites excluding steroid dienone is 1. The first-order valence-electron chi connectivity index (χ1n) is 8.60. The van der Waals surface area contributed by atoms with Gasteiger partial charge in [-0.3, -0.25) is 14.4 Å². The molecule has 0 spiro atoms. The number of nitrogens with zero attached hydrogens (tertiary/aromatic N) is 2. The molecule has 1 aliphatic rings. The summed E-state index contributed by atoms with van der Waals surface area (Å²) in [7, 11) is -4.10. The lowest BCUT2D eigenvalue weighted by Gasteiger charge is -2.31. The number of benzene rings is 2. The quantitative estimate of drug-likeness (QED) is 0.519. The molecule has 0 bridgehead atoms. The maximum absolute atomic E-state index is 13.0. The van der Waals surface area contributed by atoms with Crippen molar-refractivity contribution in [2.75, 3.05) is 13.2 Å². The minimum absolute atomic E-state index is 0.000508. The molecule has 0 unspecified atom stereocenters. The zero-order chi connectivity index (χ0) is 20.1. The van der Waals surface area contributed by atoms with Gasteiger partial charge in [0.2, 0.25) is 0 Å². The van der Waals surface area contributed by atoms with Gasteiger partial charge < -0.3 is 9.47 Å². The van der Waals surface area contributed by atoms with E-state index in [0.29, 0.717) is 12.4 Å². The molecule has 1 aliphatic heterocycles. The maximum atomic E-state index is 13.0. The molecular formula is C19H20N2O6S. The Kier molecular flexibility index (Phi) is 5.96. The van der Waals surface area contributed by atoms with Crippen molar-refractivity contribution in [2.45, 2.75) is 24.5 Å². The Morgan fingerprint density at radius 2 is 1.86 bits per heavy atom. The zero-order valence-corrected chi connectivity index (χ0v) is 16.0. The Morgan fingerprint density at radius 3 is 2.57 bits per heavy atom. The van der Waals surface area contributed by atoms with E-state index < -0.39 is 26.7 Å². The monoisotopic (exact) mass is 404 g/mol. The highest BCUT2D eigenvalue weighted by molar-refractivity contribution is 7.89. The van der Waals surface area contributed by atoms with E-state index in [1.807, 2.05) is 30.3 Å². The minimum atomic E-state index is -4.10. The largest absolute Gasteiger partial charge is 0.489 e. The second-order valence-electron chi connectivity index (χ2n) is 6.28. The molecule has 0 aliphatic carbocycles. The van der Waals surface area contributed by atoms with E-state index in [2.05, 4.69) is 0 Å². The van der Waals surface area contributed by atoms with Gasteiger partial charge in [-0.1, -0.05) is 42.5 Å². The van der Waals surface area contributed by atoms with Gasteiger partial charge in [0.25, 0.3) is 15.7 Å². The molecule has 1 heterocycles. The van der Waals surface area contributed by atoms with Gasteiger partial charge >= 0.3 is 0 Å². The highest BCUT2D eigenvalue weighted by Gasteiger charge is 2.34. The molecule has 0 N–H and O–H groups in total. The molecule has 1 atom stereocenters. The number of nitro benzene ring substituents is 1. The standard InChI is InChI=1S/C19H20N2O6S/c1-15-11-20(28(24,25)19-10-6-5-9-18(19)21(22)23)12-17(27-15)14-26-13-16-7-3-2-4-8-16/h2-11,17H,12-14H2,1H3/t17-/m1/s1. The topological polar surface area (TPSA) is 99.0 Å². The van der Waals surface area contributed by atoms with Crippen LogP contribution in [0.15, 0.2) is 71.5 Å². The summed E-state index contributed by atoms with van der Waals surface area (Å²) >= 11 is 0. The van der Waals surface area contributed by atoms with E-state index in [0.717, 1.165) is 9.87 Å². The van der Waals surface area contributed by atoms with Crippen LogP contribution in [-0.2, 0) is 26.1 Å². The van der Waals surface area contributed by atoms with Crippen molar-refractivity contribution < 1.29 is 22.8 Å². The van der Waals surface area contributed by atoms with Crippen LogP contribution in [0, 0.1) is 10.1 Å². The number of hydrogen-bond donors (Lipinski definition) is 0. The molecule has 0 amide bonds. The van der Waals surface area contributed by atoms with E-state index in [1.54, 1.807) is 6.92 Å². The molecule has 28 heavy (non-hydrogen) atoms. The Labute approximate surface area is 163 Å². The van der Waals surface area contributed by atoms with E-state index >= 15 is 0 Å². The van der Waals surface area contributed by atoms with Crippen molar-refractivity contribution in [3.05, 3.63) is 82.2 Å². The number of rotatable bonds is 7. The molecule has 148 valence electrons. The fourth-order valence-electron chi connectivity index (χ4n) is 2.88. The summed E-state index contributed by atoms with van der Waals surface area (Å²) in [6.45, 7) is 2.19. The van der Waals surface area contributed by atoms with Crippen LogP contribution in [0.5, 0.6) is 0 Å². The Bertz CT molecular complexity index is 975. The molecule has 0 fully saturated rings. The first kappa shape index (κ1) is 19.8. The number of para-hydroxylation sites is 1. The van der Waals surface area contributed by atoms with Gasteiger partial charge in [-0.15, -0.1) is 0 Å². The van der Waals surface area contributed by atoms with Crippen molar-refractivity contribution in [2.24, 2.45) is 0 Å². The third-order valence-corrected chi connectivity index (χ3v) is 5.90. The van der Waals surface area contributed by atoms with Crippen molar-refractivity contribution in [1.29, 1.82) is 0 Å². The smallest absolute Gasteiger partial charge is 0.289 e. The van der Waals surface area contributed by atoms with Gasteiger partial charge in [0, 0.05) is 6.07 Å². The van der Waals surface area contributed by atoms with Gasteiger partial charge in [-0.05, 0) is 18.6 Å².